The Bertz CT molecular complexity index is 255. The molecule has 0 aromatic carbocycles. The average Bonchev–Trinajstić information content (AvgIpc) is 2.18. The summed E-state index contributed by atoms with van der Waals surface area (Å²) in [5.41, 5.74) is 0. The molecule has 0 spiro atoms. The van der Waals surface area contributed by atoms with E-state index in [9.17, 15) is 4.79 Å². The maximum absolute atomic E-state index is 11.3. The highest BCUT2D eigenvalue weighted by Crippen LogP contribution is 2.29. The van der Waals surface area contributed by atoms with E-state index in [0.717, 1.165) is 18.8 Å². The molecule has 1 fully saturated rings. The molecule has 1 saturated carbocycles. The first-order valence-corrected chi connectivity index (χ1v) is 5.76. The minimum absolute atomic E-state index is 0.0250. The van der Waals surface area contributed by atoms with Gasteiger partial charge in [0.25, 0.3) is 12.5 Å². The SMILES string of the molecule is [C-]#[N+]CC(=O)NC1CCCC(C(C)C)C1. The summed E-state index contributed by atoms with van der Waals surface area (Å²) in [5.74, 6) is 1.32. The van der Waals surface area contributed by atoms with E-state index in [1.807, 2.05) is 0 Å². The van der Waals surface area contributed by atoms with E-state index in [-0.39, 0.29) is 12.5 Å². The van der Waals surface area contributed by atoms with Gasteiger partial charge in [-0.25, -0.2) is 6.57 Å². The first kappa shape index (κ1) is 12.0. The fourth-order valence-corrected chi connectivity index (χ4v) is 2.31. The summed E-state index contributed by atoms with van der Waals surface area (Å²) in [4.78, 5) is 14.4. The third-order valence-electron chi connectivity index (χ3n) is 3.25. The molecule has 0 aliphatic heterocycles. The lowest BCUT2D eigenvalue weighted by Gasteiger charge is -2.31. The summed E-state index contributed by atoms with van der Waals surface area (Å²) in [6.07, 6.45) is 4.65. The van der Waals surface area contributed by atoms with Crippen LogP contribution in [0, 0.1) is 18.4 Å². The summed E-state index contributed by atoms with van der Waals surface area (Å²) >= 11 is 0. The second kappa shape index (κ2) is 5.75. The zero-order valence-electron chi connectivity index (χ0n) is 9.62. The van der Waals surface area contributed by atoms with E-state index >= 15 is 0 Å². The van der Waals surface area contributed by atoms with Crippen LogP contribution in [0.1, 0.15) is 39.5 Å². The number of hydrogen-bond donors (Lipinski definition) is 1. The van der Waals surface area contributed by atoms with Crippen LogP contribution in [0.5, 0.6) is 0 Å². The molecular formula is C12H20N2O. The predicted octanol–water partition coefficient (Wildman–Crippen LogP) is 2.24. The molecule has 3 nitrogen and oxygen atoms in total. The highest BCUT2D eigenvalue weighted by molar-refractivity contribution is 5.79. The van der Waals surface area contributed by atoms with Crippen molar-refractivity contribution in [2.24, 2.45) is 11.8 Å². The van der Waals surface area contributed by atoms with Gasteiger partial charge in [0, 0.05) is 6.04 Å². The van der Waals surface area contributed by atoms with Crippen LogP contribution in [0.3, 0.4) is 0 Å². The first-order chi connectivity index (χ1) is 7.13. The standard InChI is InChI=1S/C12H20N2O/c1-9(2)10-5-4-6-11(7-10)14-12(15)8-13-3/h9-11H,4-8H2,1-2H3,(H,14,15). The number of hydrogen-bond acceptors (Lipinski definition) is 1. The molecule has 0 bridgehead atoms. The van der Waals surface area contributed by atoms with Gasteiger partial charge in [0.15, 0.2) is 0 Å². The van der Waals surface area contributed by atoms with Crippen LogP contribution in [0.4, 0.5) is 0 Å². The molecular weight excluding hydrogens is 188 g/mol. The normalized spacial score (nSPS) is 26.0. The Hall–Kier alpha value is -1.04. The molecule has 0 aromatic heterocycles. The second-order valence-electron chi connectivity index (χ2n) is 4.75. The lowest BCUT2D eigenvalue weighted by atomic mass is 9.79. The van der Waals surface area contributed by atoms with Crippen molar-refractivity contribution in [3.63, 3.8) is 0 Å². The first-order valence-electron chi connectivity index (χ1n) is 5.76. The van der Waals surface area contributed by atoms with Gasteiger partial charge in [0.1, 0.15) is 0 Å². The minimum Gasteiger partial charge on any atom is -0.347 e. The van der Waals surface area contributed by atoms with Crippen LogP contribution >= 0.6 is 0 Å². The summed E-state index contributed by atoms with van der Waals surface area (Å²) in [6.45, 7) is 11.1. The van der Waals surface area contributed by atoms with Crippen molar-refractivity contribution in [1.82, 2.24) is 5.32 Å². The van der Waals surface area contributed by atoms with Crippen LogP contribution in [-0.4, -0.2) is 18.5 Å². The fraction of sp³-hybridized carbons (Fsp3) is 0.833. The van der Waals surface area contributed by atoms with Gasteiger partial charge in [-0.05, 0) is 24.7 Å². The van der Waals surface area contributed by atoms with Gasteiger partial charge in [-0.15, -0.1) is 0 Å². The molecule has 1 N–H and O–H groups in total. The van der Waals surface area contributed by atoms with Crippen molar-refractivity contribution in [2.45, 2.75) is 45.6 Å². The zero-order valence-corrected chi connectivity index (χ0v) is 9.62. The van der Waals surface area contributed by atoms with Crippen molar-refractivity contribution in [3.8, 4) is 0 Å². The van der Waals surface area contributed by atoms with Gasteiger partial charge in [-0.1, -0.05) is 26.7 Å². The Balaban J connectivity index is 2.37. The van der Waals surface area contributed by atoms with Gasteiger partial charge in [-0.3, -0.25) is 4.79 Å². The molecule has 1 aliphatic carbocycles. The van der Waals surface area contributed by atoms with Gasteiger partial charge in [0.05, 0.1) is 0 Å². The zero-order chi connectivity index (χ0) is 11.3. The van der Waals surface area contributed by atoms with Crippen molar-refractivity contribution in [2.75, 3.05) is 6.54 Å². The number of carbonyl (C=O) groups excluding carboxylic acids is 1. The molecule has 1 aliphatic rings. The van der Waals surface area contributed by atoms with E-state index in [4.69, 9.17) is 6.57 Å². The van der Waals surface area contributed by atoms with E-state index in [0.29, 0.717) is 12.0 Å². The molecule has 0 saturated heterocycles. The Labute approximate surface area is 92.1 Å². The predicted molar refractivity (Wildman–Crippen MR) is 60.2 cm³/mol. The number of nitrogens with one attached hydrogen (secondary N) is 1. The smallest absolute Gasteiger partial charge is 0.300 e. The minimum atomic E-state index is -0.112. The van der Waals surface area contributed by atoms with E-state index < -0.39 is 0 Å². The molecule has 15 heavy (non-hydrogen) atoms. The lowest BCUT2D eigenvalue weighted by Crippen LogP contribution is -2.40. The molecule has 3 heteroatoms. The summed E-state index contributed by atoms with van der Waals surface area (Å²) in [5, 5.41) is 2.95. The van der Waals surface area contributed by atoms with E-state index in [2.05, 4.69) is 24.0 Å². The van der Waals surface area contributed by atoms with Crippen LogP contribution in [0.25, 0.3) is 4.85 Å². The average molecular weight is 208 g/mol. The molecule has 1 amide bonds. The summed E-state index contributed by atoms with van der Waals surface area (Å²) < 4.78 is 0. The van der Waals surface area contributed by atoms with Crippen LogP contribution in [0.15, 0.2) is 0 Å². The fourth-order valence-electron chi connectivity index (χ4n) is 2.31. The maximum atomic E-state index is 11.3. The third-order valence-corrected chi connectivity index (χ3v) is 3.25. The molecule has 0 radical (unpaired) electrons. The summed E-state index contributed by atoms with van der Waals surface area (Å²) in [6, 6.07) is 0.306. The van der Waals surface area contributed by atoms with Gasteiger partial charge >= 0.3 is 0 Å². The Morgan fingerprint density at radius 2 is 2.27 bits per heavy atom. The van der Waals surface area contributed by atoms with Gasteiger partial charge in [-0.2, -0.15) is 0 Å². The Kier molecular flexibility index (Phi) is 4.61. The number of amides is 1. The number of rotatable bonds is 3. The van der Waals surface area contributed by atoms with Crippen LogP contribution in [0.2, 0.25) is 0 Å². The van der Waals surface area contributed by atoms with Crippen LogP contribution in [-0.2, 0) is 4.79 Å². The maximum Gasteiger partial charge on any atom is 0.300 e. The molecule has 2 unspecified atom stereocenters. The van der Waals surface area contributed by atoms with Crippen molar-refractivity contribution in [3.05, 3.63) is 11.4 Å². The highest BCUT2D eigenvalue weighted by atomic mass is 16.1. The quantitative estimate of drug-likeness (QED) is 0.709. The van der Waals surface area contributed by atoms with Crippen molar-refractivity contribution in [1.29, 1.82) is 0 Å². The monoisotopic (exact) mass is 208 g/mol. The largest absolute Gasteiger partial charge is 0.347 e. The summed E-state index contributed by atoms with van der Waals surface area (Å²) in [7, 11) is 0. The van der Waals surface area contributed by atoms with Crippen molar-refractivity contribution >= 4 is 5.91 Å². The molecule has 0 heterocycles. The molecule has 0 aromatic rings. The van der Waals surface area contributed by atoms with Crippen LogP contribution < -0.4 is 5.32 Å². The molecule has 2 atom stereocenters. The Morgan fingerprint density at radius 3 is 2.87 bits per heavy atom. The van der Waals surface area contributed by atoms with Gasteiger partial charge in [0.2, 0.25) is 0 Å². The molecule has 84 valence electrons. The van der Waals surface area contributed by atoms with E-state index in [1.54, 1.807) is 0 Å². The molecule has 1 rings (SSSR count). The Morgan fingerprint density at radius 1 is 1.53 bits per heavy atom. The lowest BCUT2D eigenvalue weighted by molar-refractivity contribution is -0.120. The van der Waals surface area contributed by atoms with Crippen molar-refractivity contribution < 1.29 is 4.79 Å². The number of nitrogens with zero attached hydrogens (tertiary/aromatic N) is 1. The van der Waals surface area contributed by atoms with Gasteiger partial charge < -0.3 is 10.2 Å². The topological polar surface area (TPSA) is 33.5 Å². The third kappa shape index (κ3) is 3.91. The number of carbonyl (C=O) groups is 1. The highest BCUT2D eigenvalue weighted by Gasteiger charge is 2.25. The second-order valence-corrected chi connectivity index (χ2v) is 4.75. The van der Waals surface area contributed by atoms with E-state index in [1.165, 1.54) is 12.8 Å².